The summed E-state index contributed by atoms with van der Waals surface area (Å²) in [6, 6.07) is 0. The van der Waals surface area contributed by atoms with E-state index >= 15 is 0 Å². The molecule has 0 amide bonds. The number of aliphatic carboxylic acids is 1. The van der Waals surface area contributed by atoms with Crippen molar-refractivity contribution in [1.29, 1.82) is 0 Å². The Morgan fingerprint density at radius 1 is 0.783 bits per heavy atom. The average molecular weight is 455 g/mol. The maximum atomic E-state index is 9.75. The van der Waals surface area contributed by atoms with E-state index in [-0.39, 0.29) is 28.3 Å². The second kappa shape index (κ2) is 11.1. The summed E-state index contributed by atoms with van der Waals surface area (Å²) >= 11 is 0. The number of rotatable bonds is 0. The van der Waals surface area contributed by atoms with Gasteiger partial charge in [-0.3, -0.25) is 0 Å². The van der Waals surface area contributed by atoms with Crippen molar-refractivity contribution in [2.45, 2.75) is 84.7 Å². The van der Waals surface area contributed by atoms with E-state index in [2.05, 4.69) is 62.3 Å². The van der Waals surface area contributed by atoms with Crippen molar-refractivity contribution in [3.05, 3.63) is 0 Å². The van der Waals surface area contributed by atoms with E-state index < -0.39 is 13.2 Å². The van der Waals surface area contributed by atoms with Crippen molar-refractivity contribution in [3.8, 4) is 0 Å². The van der Waals surface area contributed by atoms with E-state index in [1.54, 1.807) is 0 Å². The molecule has 0 aromatic heterocycles. The van der Waals surface area contributed by atoms with Crippen LogP contribution >= 0.6 is 7.92 Å². The van der Waals surface area contributed by atoms with Gasteiger partial charge in [-0.25, -0.2) is 0 Å². The molecule has 0 aromatic rings. The predicted molar refractivity (Wildman–Crippen MR) is 87.0 cm³/mol. The predicted octanol–water partition coefficient (Wildman–Crippen LogP) is 4.92. The molecule has 0 N–H and O–H groups in total. The molecule has 0 aromatic carbocycles. The minimum Gasteiger partial charge on any atom is -0.550 e. The summed E-state index contributed by atoms with van der Waals surface area (Å²) in [5.74, 6) is -1.08. The van der Waals surface area contributed by atoms with Gasteiger partial charge in [0.05, 0.1) is 0 Å². The summed E-state index contributed by atoms with van der Waals surface area (Å²) in [5.41, 5.74) is 0. The van der Waals surface area contributed by atoms with Crippen LogP contribution in [0.3, 0.4) is 0 Å². The maximum absolute atomic E-state index is 9.75. The van der Waals surface area contributed by atoms with Crippen LogP contribution in [-0.4, -0.2) is 28.7 Å². The molecule has 0 unspecified atom stereocenters. The molecule has 0 aliphatic rings. The van der Waals surface area contributed by atoms with Crippen molar-refractivity contribution < 1.29 is 47.6 Å². The van der Waals surface area contributed by atoms with Crippen molar-refractivity contribution in [3.63, 3.8) is 0 Å². The molecule has 0 saturated heterocycles. The molecule has 0 bridgehead atoms. The van der Waals surface area contributed by atoms with Crippen LogP contribution in [0.2, 0.25) is 0 Å². The normalized spacial score (nSPS) is 12.3. The molecule has 0 spiro atoms. The molecule has 0 fully saturated rings. The molecule has 0 rings (SSSR count). The molecule has 9 heteroatoms. The second-order valence-corrected chi connectivity index (χ2v) is 12.5. The van der Waals surface area contributed by atoms with Crippen molar-refractivity contribution in [2.75, 3.05) is 0 Å². The third kappa shape index (κ3) is 27.5. The topological polar surface area (TPSA) is 40.1 Å². The van der Waals surface area contributed by atoms with E-state index in [0.29, 0.717) is 15.5 Å². The summed E-state index contributed by atoms with van der Waals surface area (Å²) in [5, 5.41) is 10.2. The summed E-state index contributed by atoms with van der Waals surface area (Å²) in [7, 11) is -5.98. The maximum Gasteiger partial charge on any atom is 2.00 e. The summed E-state index contributed by atoms with van der Waals surface area (Å²) < 4.78 is 39.0. The molecule has 144 valence electrons. The number of hydrogen-bond acceptors (Lipinski definition) is 2. The summed E-state index contributed by atoms with van der Waals surface area (Å²) in [4.78, 5) is 8.89. The quantitative estimate of drug-likeness (QED) is 0.296. The Labute approximate surface area is 153 Å². The fourth-order valence-electron chi connectivity index (χ4n) is 3.02. The Balaban J connectivity index is -0.000000150. The first-order valence-electron chi connectivity index (χ1n) is 6.95. The van der Waals surface area contributed by atoms with Crippen LogP contribution in [0.15, 0.2) is 0 Å². The van der Waals surface area contributed by atoms with Gasteiger partial charge in [-0.05, 0) is 22.4 Å². The molecule has 2 nitrogen and oxygen atoms in total. The molecule has 0 aliphatic heterocycles. The Morgan fingerprint density at radius 2 is 0.870 bits per heavy atom. The van der Waals surface area contributed by atoms with Gasteiger partial charge < -0.3 is 27.2 Å². The van der Waals surface area contributed by atoms with Crippen molar-refractivity contribution >= 4 is 21.1 Å². The zero-order chi connectivity index (χ0) is 19.2. The molecule has 0 saturated carbocycles. The Kier molecular flexibility index (Phi) is 15.0. The Bertz CT molecular complexity index is 288. The minimum atomic E-state index is -6.00. The Hall–Kier alpha value is 0.347. The fraction of sp³-hybridized carbons (Fsp3) is 0.929. The average Bonchev–Trinajstić information content (AvgIpc) is 1.85. The van der Waals surface area contributed by atoms with Crippen molar-refractivity contribution in [2.24, 2.45) is 0 Å². The van der Waals surface area contributed by atoms with E-state index in [9.17, 15) is 17.3 Å². The van der Waals surface area contributed by atoms with Crippen LogP contribution in [0.5, 0.6) is 0 Å². The second-order valence-electron chi connectivity index (χ2n) is 7.83. The number of carbonyl (C=O) groups is 1. The smallest absolute Gasteiger partial charge is 0.550 e. The van der Waals surface area contributed by atoms with Crippen LogP contribution < -0.4 is 5.11 Å². The zero-order valence-electron chi connectivity index (χ0n) is 15.7. The van der Waals surface area contributed by atoms with Gasteiger partial charge in [0, 0.05) is 5.97 Å². The summed E-state index contributed by atoms with van der Waals surface area (Å²) in [6.45, 7) is 22.4. The van der Waals surface area contributed by atoms with Gasteiger partial charge in [-0.1, -0.05) is 70.2 Å². The van der Waals surface area contributed by atoms with E-state index in [1.165, 1.54) is 0 Å². The molecule has 23 heavy (non-hydrogen) atoms. The van der Waals surface area contributed by atoms with Crippen LogP contribution in [-0.2, 0) is 25.2 Å². The first-order valence-corrected chi connectivity index (χ1v) is 8.29. The van der Waals surface area contributed by atoms with Crippen LogP contribution in [0.4, 0.5) is 17.3 Å². The van der Waals surface area contributed by atoms with E-state index in [4.69, 9.17) is 9.90 Å². The van der Waals surface area contributed by atoms with Gasteiger partial charge in [0.15, 0.2) is 0 Å². The number of halogens is 4. The van der Waals surface area contributed by atoms with Gasteiger partial charge in [-0.15, -0.1) is 0 Å². The fourth-order valence-corrected chi connectivity index (χ4v) is 9.06. The summed E-state index contributed by atoms with van der Waals surface area (Å²) in [6.07, 6.45) is 0. The first-order chi connectivity index (χ1) is 9.10. The van der Waals surface area contributed by atoms with Gasteiger partial charge in [0.1, 0.15) is 0 Å². The SMILES string of the molecule is CC(=O)[O-].CC(C)(C)P(C(C)(C)C)C(C)(C)C.F[B-](F)(F)F.[Pd+2]. The number of carboxylic acid groups (broad SMARTS) is 1. The molecule has 0 atom stereocenters. The van der Waals surface area contributed by atoms with Gasteiger partial charge in [-0.2, -0.15) is 0 Å². The largest absolute Gasteiger partial charge is 2.00 e. The van der Waals surface area contributed by atoms with E-state index in [0.717, 1.165) is 6.92 Å². The molecule has 0 radical (unpaired) electrons. The Morgan fingerprint density at radius 3 is 0.870 bits per heavy atom. The van der Waals surface area contributed by atoms with Gasteiger partial charge >= 0.3 is 27.7 Å². The zero-order valence-corrected chi connectivity index (χ0v) is 18.1. The number of carbonyl (C=O) groups excluding carboxylic acids is 1. The van der Waals surface area contributed by atoms with Gasteiger partial charge in [0.25, 0.3) is 0 Å². The standard InChI is InChI=1S/C12H27P.C2H4O2.BF4.Pd/c1-10(2,3)13(11(4,5)6)12(7,8)9;1-2(3)4;2-1(3,4)5;/h1-9H3;1H3,(H,3,4);;/q;;-1;+2/p-1. The van der Waals surface area contributed by atoms with Crippen LogP contribution in [0, 0.1) is 0 Å². The van der Waals surface area contributed by atoms with Crippen LogP contribution in [0.25, 0.3) is 0 Å². The minimum absolute atomic E-state index is 0. The third-order valence-corrected chi connectivity index (χ3v) is 6.04. The van der Waals surface area contributed by atoms with Crippen LogP contribution in [0.1, 0.15) is 69.2 Å². The molecule has 0 aliphatic carbocycles. The van der Waals surface area contributed by atoms with Crippen molar-refractivity contribution in [1.82, 2.24) is 0 Å². The molecule has 0 heterocycles. The van der Waals surface area contributed by atoms with E-state index in [1.807, 2.05) is 0 Å². The molecular formula is C14H30BF4O2PPd. The monoisotopic (exact) mass is 454 g/mol. The first kappa shape index (κ1) is 31.1. The molecular weight excluding hydrogens is 424 g/mol. The van der Waals surface area contributed by atoms with Gasteiger partial charge in [0.2, 0.25) is 0 Å². The third-order valence-electron chi connectivity index (χ3n) is 2.01. The number of carboxylic acids is 1. The number of hydrogen-bond donors (Lipinski definition) is 0.